The molecule has 0 aliphatic heterocycles. The van der Waals surface area contributed by atoms with Gasteiger partial charge in [-0.3, -0.25) is 0 Å². The maximum absolute atomic E-state index is 13.2. The van der Waals surface area contributed by atoms with Crippen LogP contribution in [0.1, 0.15) is 30.9 Å². The Morgan fingerprint density at radius 2 is 1.95 bits per heavy atom. The van der Waals surface area contributed by atoms with Crippen molar-refractivity contribution in [3.63, 3.8) is 0 Å². The van der Waals surface area contributed by atoms with Crippen molar-refractivity contribution in [2.45, 2.75) is 33.9 Å². The highest BCUT2D eigenvalue weighted by Gasteiger charge is 2.06. The van der Waals surface area contributed by atoms with Crippen LogP contribution < -0.4 is 10.1 Å². The first kappa shape index (κ1) is 15.6. The Labute approximate surface area is 125 Å². The quantitative estimate of drug-likeness (QED) is 0.835. The van der Waals surface area contributed by atoms with Crippen molar-refractivity contribution in [3.05, 3.63) is 53.2 Å². The average Bonchev–Trinajstić information content (AvgIpc) is 2.87. The van der Waals surface area contributed by atoms with Crippen LogP contribution in [0.5, 0.6) is 5.75 Å². The van der Waals surface area contributed by atoms with Crippen molar-refractivity contribution in [1.82, 2.24) is 5.32 Å². The van der Waals surface area contributed by atoms with Gasteiger partial charge in [0.05, 0.1) is 6.54 Å². The molecule has 114 valence electrons. The van der Waals surface area contributed by atoms with Gasteiger partial charge in [0.2, 0.25) is 0 Å². The molecule has 0 atom stereocenters. The monoisotopic (exact) mass is 291 g/mol. The van der Waals surface area contributed by atoms with E-state index in [1.165, 1.54) is 12.1 Å². The lowest BCUT2D eigenvalue weighted by Crippen LogP contribution is -2.18. The van der Waals surface area contributed by atoms with E-state index in [1.807, 2.05) is 19.1 Å². The van der Waals surface area contributed by atoms with Gasteiger partial charge in [0, 0.05) is 6.07 Å². The highest BCUT2D eigenvalue weighted by Crippen LogP contribution is 2.20. The molecule has 0 radical (unpaired) electrons. The van der Waals surface area contributed by atoms with Crippen molar-refractivity contribution in [2.24, 2.45) is 5.92 Å². The summed E-state index contributed by atoms with van der Waals surface area (Å²) in [5, 5.41) is 3.32. The zero-order chi connectivity index (χ0) is 15.2. The van der Waals surface area contributed by atoms with Crippen molar-refractivity contribution < 1.29 is 13.5 Å². The second-order valence-electron chi connectivity index (χ2n) is 5.59. The topological polar surface area (TPSA) is 34.4 Å². The first-order valence-corrected chi connectivity index (χ1v) is 7.22. The first-order chi connectivity index (χ1) is 10.0. The Morgan fingerprint density at radius 1 is 1.19 bits per heavy atom. The van der Waals surface area contributed by atoms with E-state index in [4.69, 9.17) is 9.15 Å². The lowest BCUT2D eigenvalue weighted by atomic mass is 10.2. The van der Waals surface area contributed by atoms with Crippen molar-refractivity contribution in [1.29, 1.82) is 0 Å². The summed E-state index contributed by atoms with van der Waals surface area (Å²) in [4.78, 5) is 0. The number of halogens is 1. The fourth-order valence-electron chi connectivity index (χ4n) is 1.96. The molecule has 0 fully saturated rings. The van der Waals surface area contributed by atoms with Crippen molar-refractivity contribution in [3.8, 4) is 5.75 Å². The van der Waals surface area contributed by atoms with Crippen molar-refractivity contribution in [2.75, 3.05) is 6.54 Å². The average molecular weight is 291 g/mol. The number of benzene rings is 1. The van der Waals surface area contributed by atoms with Crippen LogP contribution in [0.4, 0.5) is 4.39 Å². The summed E-state index contributed by atoms with van der Waals surface area (Å²) in [5.74, 6) is 2.48. The molecule has 21 heavy (non-hydrogen) atoms. The Kier molecular flexibility index (Phi) is 5.39. The van der Waals surface area contributed by atoms with E-state index in [-0.39, 0.29) is 5.82 Å². The molecule has 0 amide bonds. The van der Waals surface area contributed by atoms with E-state index in [9.17, 15) is 4.39 Å². The summed E-state index contributed by atoms with van der Waals surface area (Å²) in [5.41, 5.74) is 0.904. The first-order valence-electron chi connectivity index (χ1n) is 7.22. The van der Waals surface area contributed by atoms with Crippen LogP contribution in [0.25, 0.3) is 0 Å². The third kappa shape index (κ3) is 4.90. The Bertz CT molecular complexity index is 578. The minimum atomic E-state index is -0.298. The molecule has 1 aromatic carbocycles. The van der Waals surface area contributed by atoms with Crippen molar-refractivity contribution >= 4 is 0 Å². The Hall–Kier alpha value is -1.81. The minimum absolute atomic E-state index is 0.298. The normalized spacial score (nSPS) is 11.1. The standard InChI is InChI=1S/C17H22FNO2/c1-12(2)9-19-10-15-6-7-16(21-15)11-20-17-8-14(18)5-4-13(17)3/h4-8,12,19H,9-11H2,1-3H3. The van der Waals surface area contributed by atoms with E-state index in [0.717, 1.165) is 23.6 Å². The van der Waals surface area contributed by atoms with Crippen LogP contribution in [0, 0.1) is 18.7 Å². The van der Waals surface area contributed by atoms with E-state index < -0.39 is 0 Å². The van der Waals surface area contributed by atoms with Crippen LogP contribution in [0.3, 0.4) is 0 Å². The molecule has 2 aromatic rings. The number of aryl methyl sites for hydroxylation is 1. The van der Waals surface area contributed by atoms with E-state index in [1.54, 1.807) is 6.07 Å². The minimum Gasteiger partial charge on any atom is -0.485 e. The Morgan fingerprint density at radius 3 is 2.71 bits per heavy atom. The number of furan rings is 1. The summed E-state index contributed by atoms with van der Waals surface area (Å²) in [7, 11) is 0. The van der Waals surface area contributed by atoms with E-state index in [2.05, 4.69) is 19.2 Å². The molecule has 3 nitrogen and oxygen atoms in total. The molecule has 0 aliphatic carbocycles. The number of hydrogen-bond acceptors (Lipinski definition) is 3. The maximum atomic E-state index is 13.2. The fraction of sp³-hybridized carbons (Fsp3) is 0.412. The molecular weight excluding hydrogens is 269 g/mol. The maximum Gasteiger partial charge on any atom is 0.146 e. The molecular formula is C17H22FNO2. The van der Waals surface area contributed by atoms with E-state index >= 15 is 0 Å². The molecule has 0 unspecified atom stereocenters. The highest BCUT2D eigenvalue weighted by molar-refractivity contribution is 5.32. The lowest BCUT2D eigenvalue weighted by Gasteiger charge is -2.08. The molecule has 0 saturated carbocycles. The number of ether oxygens (including phenoxy) is 1. The van der Waals surface area contributed by atoms with Crippen LogP contribution in [0.2, 0.25) is 0 Å². The zero-order valence-corrected chi connectivity index (χ0v) is 12.8. The summed E-state index contributed by atoms with van der Waals surface area (Å²) in [6.07, 6.45) is 0. The third-order valence-electron chi connectivity index (χ3n) is 3.09. The predicted molar refractivity (Wildman–Crippen MR) is 80.7 cm³/mol. The summed E-state index contributed by atoms with van der Waals surface area (Å²) in [6.45, 7) is 8.17. The van der Waals surface area contributed by atoms with Gasteiger partial charge in [-0.15, -0.1) is 0 Å². The fourth-order valence-corrected chi connectivity index (χ4v) is 1.96. The molecule has 0 spiro atoms. The zero-order valence-electron chi connectivity index (χ0n) is 12.8. The Balaban J connectivity index is 1.86. The van der Waals surface area contributed by atoms with Gasteiger partial charge < -0.3 is 14.5 Å². The highest BCUT2D eigenvalue weighted by atomic mass is 19.1. The number of hydrogen-bond donors (Lipinski definition) is 1. The van der Waals surface area contributed by atoms with Gasteiger partial charge in [-0.25, -0.2) is 4.39 Å². The molecule has 0 aliphatic rings. The van der Waals surface area contributed by atoms with Crippen LogP contribution in [-0.2, 0) is 13.2 Å². The van der Waals surface area contributed by atoms with E-state index in [0.29, 0.717) is 24.8 Å². The molecule has 0 bridgehead atoms. The third-order valence-corrected chi connectivity index (χ3v) is 3.09. The lowest BCUT2D eigenvalue weighted by molar-refractivity contribution is 0.262. The molecule has 1 N–H and O–H groups in total. The molecule has 4 heteroatoms. The second kappa shape index (κ2) is 7.27. The molecule has 1 aromatic heterocycles. The number of nitrogens with one attached hydrogen (secondary N) is 1. The number of rotatable bonds is 7. The van der Waals surface area contributed by atoms with Crippen LogP contribution >= 0.6 is 0 Å². The summed E-state index contributed by atoms with van der Waals surface area (Å²) >= 11 is 0. The summed E-state index contributed by atoms with van der Waals surface area (Å²) in [6, 6.07) is 8.34. The predicted octanol–water partition coefficient (Wildman–Crippen LogP) is 4.05. The smallest absolute Gasteiger partial charge is 0.146 e. The summed E-state index contributed by atoms with van der Waals surface area (Å²) < 4.78 is 24.5. The second-order valence-corrected chi connectivity index (χ2v) is 5.59. The molecule has 1 heterocycles. The van der Waals surface area contributed by atoms with Gasteiger partial charge in [-0.2, -0.15) is 0 Å². The largest absolute Gasteiger partial charge is 0.485 e. The van der Waals surface area contributed by atoms with Gasteiger partial charge in [0.15, 0.2) is 0 Å². The molecule has 0 saturated heterocycles. The van der Waals surface area contributed by atoms with Crippen LogP contribution in [-0.4, -0.2) is 6.54 Å². The van der Waals surface area contributed by atoms with Gasteiger partial charge >= 0.3 is 0 Å². The van der Waals surface area contributed by atoms with Crippen LogP contribution in [0.15, 0.2) is 34.7 Å². The SMILES string of the molecule is Cc1ccc(F)cc1OCc1ccc(CNCC(C)C)o1. The van der Waals surface area contributed by atoms with Gasteiger partial charge in [-0.1, -0.05) is 19.9 Å². The molecule has 2 rings (SSSR count). The van der Waals surface area contributed by atoms with Gasteiger partial charge in [0.25, 0.3) is 0 Å². The van der Waals surface area contributed by atoms with Gasteiger partial charge in [-0.05, 0) is 43.1 Å². The van der Waals surface area contributed by atoms with Gasteiger partial charge in [0.1, 0.15) is 29.7 Å².